The number of nitro benzene ring substituents is 1. The zero-order valence-electron chi connectivity index (χ0n) is 16.9. The van der Waals surface area contributed by atoms with Crippen molar-refractivity contribution in [3.63, 3.8) is 0 Å². The number of methoxy groups -OCH3 is 1. The highest BCUT2D eigenvalue weighted by atomic mass is 35.5. The molecule has 0 saturated heterocycles. The molecule has 33 heavy (non-hydrogen) atoms. The molecular formula is C20H17ClN4O7S. The number of hydrogen-bond donors (Lipinski definition) is 3. The van der Waals surface area contributed by atoms with E-state index in [1.807, 2.05) is 0 Å². The summed E-state index contributed by atoms with van der Waals surface area (Å²) in [6.07, 6.45) is 0. The Balaban J connectivity index is 1.82. The Kier molecular flexibility index (Phi) is 7.01. The molecule has 0 saturated carbocycles. The third-order valence-electron chi connectivity index (χ3n) is 4.14. The molecule has 0 aliphatic carbocycles. The largest absolute Gasteiger partial charge is 0.493 e. The van der Waals surface area contributed by atoms with E-state index in [4.69, 9.17) is 26.2 Å². The van der Waals surface area contributed by atoms with Crippen LogP contribution >= 0.6 is 11.6 Å². The molecule has 3 rings (SSSR count). The number of nitrogens with zero attached hydrogens (tertiary/aromatic N) is 1. The summed E-state index contributed by atoms with van der Waals surface area (Å²) in [7, 11) is -2.62. The van der Waals surface area contributed by atoms with Crippen LogP contribution in [-0.2, 0) is 10.2 Å². The zero-order chi connectivity index (χ0) is 24.2. The van der Waals surface area contributed by atoms with Crippen molar-refractivity contribution in [3.8, 4) is 17.2 Å². The first-order valence-corrected chi connectivity index (χ1v) is 11.0. The molecule has 4 N–H and O–H groups in total. The first kappa shape index (κ1) is 23.8. The highest BCUT2D eigenvalue weighted by Gasteiger charge is 2.19. The molecule has 13 heteroatoms. The van der Waals surface area contributed by atoms with Crippen molar-refractivity contribution in [1.82, 2.24) is 0 Å². The fraction of sp³-hybridized carbons (Fsp3) is 0.0500. The smallest absolute Gasteiger partial charge is 0.313 e. The minimum absolute atomic E-state index is 0.0564. The van der Waals surface area contributed by atoms with Gasteiger partial charge in [-0.3, -0.25) is 19.6 Å². The van der Waals surface area contributed by atoms with Crippen LogP contribution in [0.15, 0.2) is 60.7 Å². The quantitative estimate of drug-likeness (QED) is 0.317. The van der Waals surface area contributed by atoms with Gasteiger partial charge < -0.3 is 14.8 Å². The van der Waals surface area contributed by atoms with Crippen molar-refractivity contribution < 1.29 is 27.6 Å². The lowest BCUT2D eigenvalue weighted by Crippen LogP contribution is -2.21. The lowest BCUT2D eigenvalue weighted by atomic mass is 10.1. The predicted octanol–water partition coefficient (Wildman–Crippen LogP) is 3.92. The van der Waals surface area contributed by atoms with Crippen LogP contribution in [0.1, 0.15) is 10.4 Å². The van der Waals surface area contributed by atoms with Gasteiger partial charge in [-0.05, 0) is 48.5 Å². The summed E-state index contributed by atoms with van der Waals surface area (Å²) >= 11 is 5.82. The van der Waals surface area contributed by atoms with Gasteiger partial charge in [-0.25, -0.2) is 5.14 Å². The Morgan fingerprint density at radius 3 is 2.39 bits per heavy atom. The van der Waals surface area contributed by atoms with Gasteiger partial charge in [0.05, 0.1) is 17.7 Å². The first-order valence-electron chi connectivity index (χ1n) is 9.07. The first-order chi connectivity index (χ1) is 15.6. The maximum absolute atomic E-state index is 12.7. The maximum Gasteiger partial charge on any atom is 0.313 e. The van der Waals surface area contributed by atoms with Gasteiger partial charge in [-0.1, -0.05) is 17.7 Å². The SMILES string of the molecule is COc1cc(C(=O)Nc2cccc(NS(N)(=O)=O)c2)ccc1Oc1ccc(Cl)cc1[N+](=O)[O-]. The zero-order valence-corrected chi connectivity index (χ0v) is 18.5. The molecule has 0 aromatic heterocycles. The number of nitro groups is 1. The molecule has 0 unspecified atom stereocenters. The third kappa shape index (κ3) is 6.32. The summed E-state index contributed by atoms with van der Waals surface area (Å²) in [6.45, 7) is 0. The molecule has 0 radical (unpaired) electrons. The summed E-state index contributed by atoms with van der Waals surface area (Å²) in [5, 5.41) is 19.0. The van der Waals surface area contributed by atoms with Crippen molar-refractivity contribution >= 4 is 44.8 Å². The van der Waals surface area contributed by atoms with E-state index in [9.17, 15) is 23.3 Å². The van der Waals surface area contributed by atoms with Crippen molar-refractivity contribution in [3.05, 3.63) is 81.4 Å². The molecule has 1 amide bonds. The molecule has 0 aliphatic heterocycles. The average Bonchev–Trinajstić information content (AvgIpc) is 2.74. The number of nitrogens with one attached hydrogen (secondary N) is 2. The number of rotatable bonds is 8. The summed E-state index contributed by atoms with van der Waals surface area (Å²) < 4.78 is 35.3. The van der Waals surface area contributed by atoms with Crippen molar-refractivity contribution in [2.45, 2.75) is 0 Å². The van der Waals surface area contributed by atoms with E-state index in [1.54, 1.807) is 6.07 Å². The fourth-order valence-corrected chi connectivity index (χ4v) is 3.38. The van der Waals surface area contributed by atoms with Crippen LogP contribution in [0.25, 0.3) is 0 Å². The number of ether oxygens (including phenoxy) is 2. The molecule has 3 aromatic carbocycles. The number of nitrogens with two attached hydrogens (primary N) is 1. The van der Waals surface area contributed by atoms with Crippen LogP contribution < -0.4 is 24.7 Å². The molecule has 0 fully saturated rings. The molecule has 3 aromatic rings. The number of amides is 1. The molecule has 172 valence electrons. The second kappa shape index (κ2) is 9.73. The van der Waals surface area contributed by atoms with Gasteiger partial charge in [0, 0.05) is 22.3 Å². The Labute approximate surface area is 193 Å². The molecule has 0 aliphatic rings. The lowest BCUT2D eigenvalue weighted by molar-refractivity contribution is -0.385. The van der Waals surface area contributed by atoms with E-state index < -0.39 is 21.0 Å². The molecule has 11 nitrogen and oxygen atoms in total. The monoisotopic (exact) mass is 492 g/mol. The second-order valence-corrected chi connectivity index (χ2v) is 8.25. The van der Waals surface area contributed by atoms with Gasteiger partial charge in [0.1, 0.15) is 0 Å². The van der Waals surface area contributed by atoms with Crippen LogP contribution in [0.4, 0.5) is 17.1 Å². The van der Waals surface area contributed by atoms with E-state index in [0.29, 0.717) is 5.69 Å². The lowest BCUT2D eigenvalue weighted by Gasteiger charge is -2.13. The topological polar surface area (TPSA) is 163 Å². The standard InChI is InChI=1S/C20H17ClN4O7S/c1-31-19-9-12(20(26)23-14-3-2-4-15(11-14)24-33(22,29)30)5-7-18(19)32-17-8-6-13(21)10-16(17)25(27)28/h2-11,24H,1H3,(H,23,26)(H2,22,29,30). The van der Waals surface area contributed by atoms with Crippen molar-refractivity contribution in [2.75, 3.05) is 17.1 Å². The Bertz CT molecular complexity index is 1330. The van der Waals surface area contributed by atoms with Gasteiger partial charge in [-0.2, -0.15) is 8.42 Å². The number of benzene rings is 3. The van der Waals surface area contributed by atoms with Gasteiger partial charge in [0.2, 0.25) is 5.75 Å². The Morgan fingerprint density at radius 2 is 1.73 bits per heavy atom. The average molecular weight is 493 g/mol. The number of hydrogen-bond acceptors (Lipinski definition) is 7. The van der Waals surface area contributed by atoms with Crippen molar-refractivity contribution in [1.29, 1.82) is 0 Å². The minimum Gasteiger partial charge on any atom is -0.493 e. The Morgan fingerprint density at radius 1 is 1.03 bits per heavy atom. The second-order valence-electron chi connectivity index (χ2n) is 6.52. The minimum atomic E-state index is -3.97. The van der Waals surface area contributed by atoms with Gasteiger partial charge in [-0.15, -0.1) is 0 Å². The molecule has 0 bridgehead atoms. The van der Waals surface area contributed by atoms with Crippen LogP contribution in [0.2, 0.25) is 5.02 Å². The molecular weight excluding hydrogens is 476 g/mol. The highest BCUT2D eigenvalue weighted by Crippen LogP contribution is 2.38. The van der Waals surface area contributed by atoms with Crippen LogP contribution in [-0.4, -0.2) is 26.4 Å². The molecule has 0 spiro atoms. The molecule has 0 atom stereocenters. The van der Waals surface area contributed by atoms with E-state index in [1.165, 1.54) is 55.6 Å². The van der Waals surface area contributed by atoms with E-state index in [-0.39, 0.29) is 39.2 Å². The molecule has 0 heterocycles. The normalized spacial score (nSPS) is 10.9. The summed E-state index contributed by atoms with van der Waals surface area (Å²) in [6, 6.07) is 14.1. The Hall–Kier alpha value is -3.87. The maximum atomic E-state index is 12.7. The van der Waals surface area contributed by atoms with Crippen LogP contribution in [0.5, 0.6) is 17.2 Å². The number of halogens is 1. The summed E-state index contributed by atoms with van der Waals surface area (Å²) in [4.78, 5) is 23.3. The van der Waals surface area contributed by atoms with E-state index >= 15 is 0 Å². The number of carbonyl (C=O) groups is 1. The predicted molar refractivity (Wildman–Crippen MR) is 122 cm³/mol. The van der Waals surface area contributed by atoms with Gasteiger partial charge in [0.25, 0.3) is 16.1 Å². The summed E-state index contributed by atoms with van der Waals surface area (Å²) in [5.41, 5.74) is 0.333. The number of anilines is 2. The van der Waals surface area contributed by atoms with Crippen LogP contribution in [0, 0.1) is 10.1 Å². The van der Waals surface area contributed by atoms with Gasteiger partial charge >= 0.3 is 5.69 Å². The van der Waals surface area contributed by atoms with E-state index in [2.05, 4.69) is 10.0 Å². The third-order valence-corrected chi connectivity index (χ3v) is 4.90. The van der Waals surface area contributed by atoms with E-state index in [0.717, 1.165) is 6.07 Å². The highest BCUT2D eigenvalue weighted by molar-refractivity contribution is 7.90. The number of carbonyl (C=O) groups excluding carboxylic acids is 1. The fourth-order valence-electron chi connectivity index (χ4n) is 2.76. The van der Waals surface area contributed by atoms with Gasteiger partial charge in [0.15, 0.2) is 11.5 Å². The van der Waals surface area contributed by atoms with Crippen LogP contribution in [0.3, 0.4) is 0 Å². The summed E-state index contributed by atoms with van der Waals surface area (Å²) in [5.74, 6) is -0.292. The van der Waals surface area contributed by atoms with Crippen molar-refractivity contribution in [2.24, 2.45) is 5.14 Å².